The van der Waals surface area contributed by atoms with Crippen molar-refractivity contribution in [1.29, 1.82) is 0 Å². The van der Waals surface area contributed by atoms with Gasteiger partial charge in [-0.15, -0.1) is 0 Å². The summed E-state index contributed by atoms with van der Waals surface area (Å²) in [6, 6.07) is 0. The first-order valence-corrected chi connectivity index (χ1v) is 11.3. The van der Waals surface area contributed by atoms with Crippen molar-refractivity contribution >= 4 is 11.9 Å². The van der Waals surface area contributed by atoms with Gasteiger partial charge in [-0.25, -0.2) is 4.79 Å². The largest absolute Gasteiger partial charge is 0.458 e. The van der Waals surface area contributed by atoms with Gasteiger partial charge in [-0.2, -0.15) is 0 Å². The highest BCUT2D eigenvalue weighted by Gasteiger charge is 2.80. The lowest BCUT2D eigenvalue weighted by Gasteiger charge is -2.61. The van der Waals surface area contributed by atoms with E-state index in [9.17, 15) is 19.8 Å². The lowest BCUT2D eigenvalue weighted by atomic mass is 9.42. The topological polar surface area (TPSA) is 93.1 Å². The van der Waals surface area contributed by atoms with Crippen LogP contribution < -0.4 is 0 Å². The predicted octanol–water partition coefficient (Wildman–Crippen LogP) is 2.26. The fourth-order valence-corrected chi connectivity index (χ4v) is 8.96. The molecule has 0 radical (unpaired) electrons. The van der Waals surface area contributed by atoms with Crippen LogP contribution in [-0.4, -0.2) is 46.1 Å². The average molecular weight is 402 g/mol. The standard InChI is InChI=1S/C23H30O6/c1-20-6-5-17-22-7-4-14(24)11-21(22,27)8-9-23(17,29-19(22)26)16(20)3-2-15(20)13-10-18(25)28-12-13/h10,14-17,24,27H,2-9,11-12H2,1H3/t14-,15+,16+,17+,20+,21-,22+,23+/m1/s1. The number of aliphatic hydroxyl groups excluding tert-OH is 1. The molecule has 4 aliphatic carbocycles. The van der Waals surface area contributed by atoms with Crippen LogP contribution in [0.5, 0.6) is 0 Å². The van der Waals surface area contributed by atoms with E-state index in [0.717, 1.165) is 31.3 Å². The Hall–Kier alpha value is -1.40. The molecule has 2 N–H and O–H groups in total. The first-order valence-electron chi connectivity index (χ1n) is 11.3. The number of carbonyl (C=O) groups is 2. The van der Waals surface area contributed by atoms with Crippen LogP contribution in [0, 0.1) is 28.6 Å². The number of cyclic esters (lactones) is 1. The van der Waals surface area contributed by atoms with Gasteiger partial charge in [-0.3, -0.25) is 4.79 Å². The van der Waals surface area contributed by atoms with E-state index in [1.54, 1.807) is 6.08 Å². The van der Waals surface area contributed by atoms with Gasteiger partial charge < -0.3 is 19.7 Å². The van der Waals surface area contributed by atoms with Crippen LogP contribution in [0.4, 0.5) is 0 Å². The van der Waals surface area contributed by atoms with Gasteiger partial charge in [0.25, 0.3) is 0 Å². The van der Waals surface area contributed by atoms with Crippen LogP contribution in [0.15, 0.2) is 11.6 Å². The Labute approximate surface area is 170 Å². The molecule has 2 bridgehead atoms. The molecular weight excluding hydrogens is 372 g/mol. The second-order valence-corrected chi connectivity index (χ2v) is 10.9. The number of hydrogen-bond donors (Lipinski definition) is 2. The van der Waals surface area contributed by atoms with Gasteiger partial charge in [0, 0.05) is 24.3 Å². The van der Waals surface area contributed by atoms with Crippen molar-refractivity contribution < 1.29 is 29.3 Å². The van der Waals surface area contributed by atoms with E-state index < -0.39 is 22.7 Å². The summed E-state index contributed by atoms with van der Waals surface area (Å²) in [5.41, 5.74) is -1.42. The van der Waals surface area contributed by atoms with Crippen molar-refractivity contribution in [2.45, 2.75) is 82.0 Å². The van der Waals surface area contributed by atoms with E-state index in [0.29, 0.717) is 38.2 Å². The second-order valence-electron chi connectivity index (χ2n) is 10.9. The third kappa shape index (κ3) is 1.96. The van der Waals surface area contributed by atoms with E-state index in [1.807, 2.05) is 0 Å². The van der Waals surface area contributed by atoms with Crippen LogP contribution in [-0.2, 0) is 19.1 Å². The Morgan fingerprint density at radius 3 is 2.62 bits per heavy atom. The van der Waals surface area contributed by atoms with Gasteiger partial charge in [-0.05, 0) is 68.3 Å². The summed E-state index contributed by atoms with van der Waals surface area (Å²) in [6.07, 6.45) is 7.49. The molecule has 4 saturated carbocycles. The molecule has 6 aliphatic rings. The number of esters is 2. The number of aliphatic hydroxyl groups is 2. The maximum absolute atomic E-state index is 13.4. The minimum Gasteiger partial charge on any atom is -0.458 e. The molecule has 158 valence electrons. The molecule has 1 saturated heterocycles. The Balaban J connectivity index is 1.41. The van der Waals surface area contributed by atoms with Crippen molar-refractivity contribution in [1.82, 2.24) is 0 Å². The van der Waals surface area contributed by atoms with Crippen molar-refractivity contribution in [2.75, 3.05) is 6.61 Å². The molecule has 5 fully saturated rings. The fourth-order valence-electron chi connectivity index (χ4n) is 8.96. The molecule has 0 aromatic heterocycles. The number of ether oxygens (including phenoxy) is 2. The Kier molecular flexibility index (Phi) is 3.45. The third-order valence-electron chi connectivity index (χ3n) is 10.1. The summed E-state index contributed by atoms with van der Waals surface area (Å²) in [6.45, 7) is 2.71. The van der Waals surface area contributed by atoms with Gasteiger partial charge in [0.15, 0.2) is 0 Å². The van der Waals surface area contributed by atoms with E-state index in [-0.39, 0.29) is 35.6 Å². The van der Waals surface area contributed by atoms with E-state index in [1.165, 1.54) is 0 Å². The molecule has 2 heterocycles. The fraction of sp³-hybridized carbons (Fsp3) is 0.826. The SMILES string of the molecule is C[C@@]12CC[C@@H]3[C@]4(CC[C@@]5(O)C[C@H](O)CC[C@@]35C(=O)O4)[C@H]1CC[C@H]2C1=CC(=O)OC1. The smallest absolute Gasteiger partial charge is 0.331 e. The Morgan fingerprint density at radius 2 is 1.86 bits per heavy atom. The van der Waals surface area contributed by atoms with Gasteiger partial charge in [-0.1, -0.05) is 6.92 Å². The van der Waals surface area contributed by atoms with E-state index >= 15 is 0 Å². The highest BCUT2D eigenvalue weighted by atomic mass is 16.6. The van der Waals surface area contributed by atoms with Crippen molar-refractivity contribution in [3.05, 3.63) is 11.6 Å². The average Bonchev–Trinajstić information content (AvgIpc) is 3.29. The molecule has 29 heavy (non-hydrogen) atoms. The maximum Gasteiger partial charge on any atom is 0.331 e. The summed E-state index contributed by atoms with van der Waals surface area (Å²) < 4.78 is 11.6. The lowest BCUT2D eigenvalue weighted by Crippen LogP contribution is -2.67. The zero-order valence-corrected chi connectivity index (χ0v) is 17.0. The number of rotatable bonds is 1. The van der Waals surface area contributed by atoms with Gasteiger partial charge >= 0.3 is 11.9 Å². The van der Waals surface area contributed by atoms with Crippen molar-refractivity contribution in [3.8, 4) is 0 Å². The van der Waals surface area contributed by atoms with E-state index in [4.69, 9.17) is 9.47 Å². The van der Waals surface area contributed by atoms with Gasteiger partial charge in [0.2, 0.25) is 0 Å². The third-order valence-corrected chi connectivity index (χ3v) is 10.1. The first-order chi connectivity index (χ1) is 13.8. The molecule has 6 nitrogen and oxygen atoms in total. The van der Waals surface area contributed by atoms with Crippen LogP contribution in [0.3, 0.4) is 0 Å². The maximum atomic E-state index is 13.4. The molecule has 0 amide bonds. The molecule has 0 aromatic carbocycles. The number of fused-ring (bicyclic) bond motifs is 1. The summed E-state index contributed by atoms with van der Waals surface area (Å²) in [5, 5.41) is 21.8. The molecule has 6 heteroatoms. The Bertz CT molecular complexity index is 835. The quantitative estimate of drug-likeness (QED) is 0.654. The van der Waals surface area contributed by atoms with Gasteiger partial charge in [0.05, 0.1) is 11.7 Å². The molecule has 8 atom stereocenters. The minimum absolute atomic E-state index is 0.0221. The normalized spacial score (nSPS) is 55.5. The molecule has 2 aliphatic heterocycles. The monoisotopic (exact) mass is 402 g/mol. The lowest BCUT2D eigenvalue weighted by molar-refractivity contribution is -0.214. The van der Waals surface area contributed by atoms with Gasteiger partial charge in [0.1, 0.15) is 17.6 Å². The predicted molar refractivity (Wildman–Crippen MR) is 101 cm³/mol. The summed E-state index contributed by atoms with van der Waals surface area (Å²) in [7, 11) is 0. The number of hydrogen-bond acceptors (Lipinski definition) is 6. The number of carbonyl (C=O) groups excluding carboxylic acids is 2. The van der Waals surface area contributed by atoms with Crippen LogP contribution in [0.1, 0.15) is 64.7 Å². The highest BCUT2D eigenvalue weighted by molar-refractivity contribution is 5.85. The summed E-state index contributed by atoms with van der Waals surface area (Å²) in [5.74, 6) is 0.101. The minimum atomic E-state index is -1.15. The van der Waals surface area contributed by atoms with E-state index in [2.05, 4.69) is 6.92 Å². The molecule has 0 aromatic rings. The van der Waals surface area contributed by atoms with Crippen LogP contribution in [0.25, 0.3) is 0 Å². The molecule has 1 spiro atoms. The summed E-state index contributed by atoms with van der Waals surface area (Å²) in [4.78, 5) is 25.1. The Morgan fingerprint density at radius 1 is 1.03 bits per heavy atom. The molecular formula is C23H30O6. The van der Waals surface area contributed by atoms with Crippen LogP contribution in [0.2, 0.25) is 0 Å². The zero-order chi connectivity index (χ0) is 20.2. The first kappa shape index (κ1) is 18.4. The molecule has 6 rings (SSSR count). The van der Waals surface area contributed by atoms with Crippen molar-refractivity contribution in [3.63, 3.8) is 0 Å². The highest BCUT2D eigenvalue weighted by Crippen LogP contribution is 2.74. The van der Waals surface area contributed by atoms with Crippen LogP contribution >= 0.6 is 0 Å². The summed E-state index contributed by atoms with van der Waals surface area (Å²) >= 11 is 0. The zero-order valence-electron chi connectivity index (χ0n) is 17.0. The van der Waals surface area contributed by atoms with Crippen molar-refractivity contribution in [2.24, 2.45) is 28.6 Å². The molecule has 0 unspecified atom stereocenters. The second kappa shape index (κ2) is 5.44.